The predicted molar refractivity (Wildman–Crippen MR) is 128 cm³/mol. The Morgan fingerprint density at radius 1 is 0.625 bits per heavy atom. The van der Waals surface area contributed by atoms with Gasteiger partial charge in [0.25, 0.3) is 0 Å². The molecule has 3 aromatic rings. The van der Waals surface area contributed by atoms with Crippen molar-refractivity contribution < 1.29 is 20.4 Å². The fraction of sp³-hybridized carbons (Fsp3) is 0.357. The van der Waals surface area contributed by atoms with Crippen LogP contribution in [-0.4, -0.2) is 20.4 Å². The van der Waals surface area contributed by atoms with Crippen LogP contribution in [0.5, 0.6) is 11.5 Å². The summed E-state index contributed by atoms with van der Waals surface area (Å²) >= 11 is 0. The molecule has 2 unspecified atom stereocenters. The molecule has 0 aromatic heterocycles. The third-order valence-electron chi connectivity index (χ3n) is 6.38. The molecule has 0 radical (unpaired) electrons. The molecule has 170 valence electrons. The van der Waals surface area contributed by atoms with Gasteiger partial charge in [-0.05, 0) is 84.0 Å². The van der Waals surface area contributed by atoms with Crippen LogP contribution in [0.3, 0.4) is 0 Å². The largest absolute Gasteiger partial charge is 0.507 e. The molecule has 4 heteroatoms. The van der Waals surface area contributed by atoms with E-state index in [0.717, 1.165) is 35.1 Å². The van der Waals surface area contributed by atoms with Crippen LogP contribution in [-0.2, 0) is 26.1 Å². The van der Waals surface area contributed by atoms with Crippen molar-refractivity contribution in [2.75, 3.05) is 0 Å². The first-order valence-corrected chi connectivity index (χ1v) is 11.2. The highest BCUT2D eigenvalue weighted by atomic mass is 16.3. The number of hydrogen-bond acceptors (Lipinski definition) is 4. The minimum absolute atomic E-state index is 0.165. The monoisotopic (exact) mass is 434 g/mol. The fourth-order valence-electron chi connectivity index (χ4n) is 4.44. The maximum Gasteiger partial charge on any atom is 0.124 e. The Hall–Kier alpha value is -2.82. The van der Waals surface area contributed by atoms with E-state index >= 15 is 0 Å². The first-order valence-electron chi connectivity index (χ1n) is 11.2. The van der Waals surface area contributed by atoms with Gasteiger partial charge >= 0.3 is 0 Å². The summed E-state index contributed by atoms with van der Waals surface area (Å²) in [4.78, 5) is 0. The number of aliphatic hydroxyl groups excluding tert-OH is 2. The van der Waals surface area contributed by atoms with Crippen molar-refractivity contribution in [1.82, 2.24) is 0 Å². The van der Waals surface area contributed by atoms with Crippen LogP contribution < -0.4 is 0 Å². The van der Waals surface area contributed by atoms with Gasteiger partial charge in [0.05, 0.1) is 13.2 Å². The number of aliphatic hydroxyl groups is 2. The van der Waals surface area contributed by atoms with Crippen molar-refractivity contribution in [3.63, 3.8) is 0 Å². The highest BCUT2D eigenvalue weighted by Gasteiger charge is 2.14. The molecule has 0 spiro atoms. The molecule has 3 rings (SSSR count). The van der Waals surface area contributed by atoms with Crippen molar-refractivity contribution in [2.24, 2.45) is 0 Å². The zero-order valence-corrected chi connectivity index (χ0v) is 19.4. The number of aromatic hydroxyl groups is 2. The Balaban J connectivity index is 1.70. The zero-order valence-electron chi connectivity index (χ0n) is 19.4. The van der Waals surface area contributed by atoms with Crippen LogP contribution in [0.25, 0.3) is 0 Å². The van der Waals surface area contributed by atoms with Gasteiger partial charge in [0.15, 0.2) is 0 Å². The summed E-state index contributed by atoms with van der Waals surface area (Å²) in [5.41, 5.74) is 7.44. The summed E-state index contributed by atoms with van der Waals surface area (Å²) in [6.07, 6.45) is 1.67. The Morgan fingerprint density at radius 2 is 0.969 bits per heavy atom. The number of aryl methyl sites for hydroxylation is 2. The quantitative estimate of drug-likeness (QED) is 0.383. The number of benzene rings is 3. The molecule has 0 bridgehead atoms. The Morgan fingerprint density at radius 3 is 1.28 bits per heavy atom. The van der Waals surface area contributed by atoms with Gasteiger partial charge in [-0.15, -0.1) is 0 Å². The lowest BCUT2D eigenvalue weighted by molar-refractivity contribution is 0.274. The summed E-state index contributed by atoms with van der Waals surface area (Å²) in [6, 6.07) is 16.5. The van der Waals surface area contributed by atoms with E-state index in [-0.39, 0.29) is 24.7 Å². The highest BCUT2D eigenvalue weighted by molar-refractivity contribution is 5.44. The number of rotatable bonds is 8. The first-order chi connectivity index (χ1) is 15.2. The molecule has 0 aliphatic heterocycles. The number of hydrogen-bond donors (Lipinski definition) is 4. The Kier molecular flexibility index (Phi) is 7.60. The lowest BCUT2D eigenvalue weighted by atomic mass is 9.88. The molecule has 32 heavy (non-hydrogen) atoms. The summed E-state index contributed by atoms with van der Waals surface area (Å²) in [5, 5.41) is 39.0. The topological polar surface area (TPSA) is 80.9 Å². The fourth-order valence-corrected chi connectivity index (χ4v) is 4.44. The van der Waals surface area contributed by atoms with Gasteiger partial charge in [0, 0.05) is 11.1 Å². The van der Waals surface area contributed by atoms with E-state index in [0.29, 0.717) is 23.0 Å². The van der Waals surface area contributed by atoms with Crippen LogP contribution in [0.1, 0.15) is 70.2 Å². The second kappa shape index (κ2) is 10.2. The van der Waals surface area contributed by atoms with E-state index in [9.17, 15) is 20.4 Å². The third kappa shape index (κ3) is 5.32. The Bertz CT molecular complexity index is 983. The van der Waals surface area contributed by atoms with Crippen LogP contribution >= 0.6 is 0 Å². The van der Waals surface area contributed by atoms with Crippen LogP contribution in [0.15, 0.2) is 48.5 Å². The molecule has 4 N–H and O–H groups in total. The molecule has 0 fully saturated rings. The molecule has 3 aromatic carbocycles. The molecule has 4 nitrogen and oxygen atoms in total. The third-order valence-corrected chi connectivity index (χ3v) is 6.38. The van der Waals surface area contributed by atoms with Crippen LogP contribution in [0.2, 0.25) is 0 Å². The van der Waals surface area contributed by atoms with Gasteiger partial charge in [0.1, 0.15) is 11.5 Å². The smallest absolute Gasteiger partial charge is 0.124 e. The molecule has 0 aliphatic carbocycles. The van der Waals surface area contributed by atoms with Gasteiger partial charge < -0.3 is 20.4 Å². The molecular formula is C28H34O4. The molecule has 2 atom stereocenters. The Labute approximate surface area is 190 Å². The SMILES string of the molecule is Cc1cc(CC(C)c2ccc(C(C)Cc3cc(C)c(O)c(CO)c3)cc2)cc(CO)c1O. The van der Waals surface area contributed by atoms with Gasteiger partial charge in [-0.3, -0.25) is 0 Å². The summed E-state index contributed by atoms with van der Waals surface area (Å²) in [5.74, 6) is 0.970. The van der Waals surface area contributed by atoms with Gasteiger partial charge in [-0.25, -0.2) is 0 Å². The lowest BCUT2D eigenvalue weighted by Gasteiger charge is -2.17. The van der Waals surface area contributed by atoms with Crippen LogP contribution in [0, 0.1) is 13.8 Å². The summed E-state index contributed by atoms with van der Waals surface area (Å²) in [7, 11) is 0. The predicted octanol–water partition coefficient (Wildman–Crippen LogP) is 5.39. The van der Waals surface area contributed by atoms with Gasteiger partial charge in [-0.2, -0.15) is 0 Å². The molecule has 0 amide bonds. The second-order valence-electron chi connectivity index (χ2n) is 9.03. The lowest BCUT2D eigenvalue weighted by Crippen LogP contribution is -2.03. The molecule has 0 saturated carbocycles. The standard InChI is InChI=1S/C28H34O4/c1-17(9-21-11-19(3)27(31)25(13-21)15-29)23-5-7-24(8-6-23)18(2)10-22-12-20(4)28(32)26(14-22)16-30/h5-8,11-14,17-18,29-32H,9-10,15-16H2,1-4H3. The van der Waals surface area contributed by atoms with Gasteiger partial charge in [0.2, 0.25) is 0 Å². The van der Waals surface area contributed by atoms with E-state index in [4.69, 9.17) is 0 Å². The minimum atomic E-state index is -0.165. The average Bonchev–Trinajstić information content (AvgIpc) is 2.78. The average molecular weight is 435 g/mol. The maximum atomic E-state index is 10.0. The minimum Gasteiger partial charge on any atom is -0.507 e. The van der Waals surface area contributed by atoms with E-state index < -0.39 is 0 Å². The second-order valence-corrected chi connectivity index (χ2v) is 9.03. The van der Waals surface area contributed by atoms with Crippen molar-refractivity contribution in [3.05, 3.63) is 93.0 Å². The molecule has 0 aliphatic rings. The van der Waals surface area contributed by atoms with E-state index in [1.807, 2.05) is 38.1 Å². The maximum absolute atomic E-state index is 10.0. The van der Waals surface area contributed by atoms with Crippen molar-refractivity contribution >= 4 is 0 Å². The van der Waals surface area contributed by atoms with E-state index in [1.54, 1.807) is 0 Å². The van der Waals surface area contributed by atoms with Gasteiger partial charge in [-0.1, -0.05) is 50.2 Å². The van der Waals surface area contributed by atoms with E-state index in [1.165, 1.54) is 11.1 Å². The summed E-state index contributed by atoms with van der Waals surface area (Å²) in [6.45, 7) is 7.77. The normalized spacial score (nSPS) is 13.2. The summed E-state index contributed by atoms with van der Waals surface area (Å²) < 4.78 is 0. The van der Waals surface area contributed by atoms with Crippen molar-refractivity contribution in [3.8, 4) is 11.5 Å². The van der Waals surface area contributed by atoms with Crippen molar-refractivity contribution in [2.45, 2.75) is 65.6 Å². The van der Waals surface area contributed by atoms with Crippen molar-refractivity contribution in [1.29, 1.82) is 0 Å². The van der Waals surface area contributed by atoms with Crippen LogP contribution in [0.4, 0.5) is 0 Å². The molecule has 0 saturated heterocycles. The number of phenols is 2. The first kappa shape index (κ1) is 23.8. The highest BCUT2D eigenvalue weighted by Crippen LogP contribution is 2.30. The zero-order chi connectivity index (χ0) is 23.4. The van der Waals surface area contributed by atoms with E-state index in [2.05, 4.69) is 38.1 Å². The molecular weight excluding hydrogens is 400 g/mol. The molecule has 0 heterocycles.